The van der Waals surface area contributed by atoms with Gasteiger partial charge in [0.15, 0.2) is 6.61 Å². The third-order valence-corrected chi connectivity index (χ3v) is 3.96. The Kier molecular flexibility index (Phi) is 6.89. The van der Waals surface area contributed by atoms with Crippen LogP contribution >= 0.6 is 0 Å². The van der Waals surface area contributed by atoms with Crippen LogP contribution in [0.5, 0.6) is 0 Å². The summed E-state index contributed by atoms with van der Waals surface area (Å²) in [6.45, 7) is 8.16. The lowest BCUT2D eigenvalue weighted by molar-refractivity contribution is -0.120. The molecule has 0 aromatic heterocycles. The van der Waals surface area contributed by atoms with E-state index < -0.39 is 0 Å². The van der Waals surface area contributed by atoms with Gasteiger partial charge in [-0.25, -0.2) is 4.39 Å². The van der Waals surface area contributed by atoms with E-state index in [1.54, 1.807) is 12.1 Å². The van der Waals surface area contributed by atoms with Crippen LogP contribution in [0.25, 0.3) is 0 Å². The first-order valence-corrected chi connectivity index (χ1v) is 8.72. The largest absolute Gasteiger partial charge is 0.386 e. The van der Waals surface area contributed by atoms with Gasteiger partial charge in [0.1, 0.15) is 5.82 Å². The maximum Gasteiger partial charge on any atom is 0.265 e. The maximum absolute atomic E-state index is 13.1. The summed E-state index contributed by atoms with van der Waals surface area (Å²) in [7, 11) is 0. The summed E-state index contributed by atoms with van der Waals surface area (Å²) < 4.78 is 13.1. The van der Waals surface area contributed by atoms with Crippen molar-refractivity contribution < 1.29 is 14.0 Å². The van der Waals surface area contributed by atoms with E-state index in [0.29, 0.717) is 5.56 Å². The van der Waals surface area contributed by atoms with Crippen molar-refractivity contribution in [3.63, 3.8) is 0 Å². The average molecular weight is 356 g/mol. The van der Waals surface area contributed by atoms with Gasteiger partial charge in [-0.3, -0.25) is 4.79 Å². The molecule has 0 aliphatic carbocycles. The van der Waals surface area contributed by atoms with E-state index in [9.17, 15) is 9.18 Å². The number of nitrogens with one attached hydrogen (secondary N) is 1. The molecular weight excluding hydrogens is 331 g/mol. The van der Waals surface area contributed by atoms with Crippen molar-refractivity contribution in [1.29, 1.82) is 0 Å². The molecule has 1 N–H and O–H groups in total. The van der Waals surface area contributed by atoms with Gasteiger partial charge in [0.25, 0.3) is 5.91 Å². The van der Waals surface area contributed by atoms with Gasteiger partial charge >= 0.3 is 0 Å². The van der Waals surface area contributed by atoms with Crippen LogP contribution in [-0.2, 0) is 9.63 Å². The van der Waals surface area contributed by atoms with E-state index in [0.717, 1.165) is 16.8 Å². The third-order valence-electron chi connectivity index (χ3n) is 3.96. The lowest BCUT2D eigenvalue weighted by Crippen LogP contribution is -2.19. The molecule has 2 aromatic rings. The Morgan fingerprint density at radius 3 is 2.31 bits per heavy atom. The molecule has 0 fully saturated rings. The second kappa shape index (κ2) is 9.13. The zero-order chi connectivity index (χ0) is 19.1. The number of carbonyl (C=O) groups excluding carboxylic acids is 1. The highest BCUT2D eigenvalue weighted by Crippen LogP contribution is 2.32. The number of rotatable bonds is 7. The molecule has 138 valence electrons. The van der Waals surface area contributed by atoms with Crippen molar-refractivity contribution in [2.75, 3.05) is 11.9 Å². The number of benzene rings is 2. The van der Waals surface area contributed by atoms with Crippen molar-refractivity contribution in [3.05, 3.63) is 65.0 Å². The molecular formula is C21H25FN2O2. The molecule has 0 atom stereocenters. The molecule has 0 saturated heterocycles. The maximum atomic E-state index is 13.1. The molecule has 0 spiro atoms. The van der Waals surface area contributed by atoms with Crippen LogP contribution in [0.2, 0.25) is 0 Å². The quantitative estimate of drug-likeness (QED) is 0.557. The first-order chi connectivity index (χ1) is 12.4. The first kappa shape index (κ1) is 19.6. The second-order valence-electron chi connectivity index (χ2n) is 6.73. The zero-order valence-electron chi connectivity index (χ0n) is 15.6. The fourth-order valence-electron chi connectivity index (χ4n) is 2.65. The summed E-state index contributed by atoms with van der Waals surface area (Å²) in [4.78, 5) is 17.3. The average Bonchev–Trinajstić information content (AvgIpc) is 2.58. The molecule has 2 rings (SSSR count). The Labute approximate surface area is 154 Å². The van der Waals surface area contributed by atoms with E-state index in [4.69, 9.17) is 4.84 Å². The fraction of sp³-hybridized carbons (Fsp3) is 0.333. The lowest BCUT2D eigenvalue weighted by Gasteiger charge is -2.19. The fourth-order valence-corrected chi connectivity index (χ4v) is 2.65. The summed E-state index contributed by atoms with van der Waals surface area (Å²) in [5.74, 6) is -0.0542. The predicted molar refractivity (Wildman–Crippen MR) is 103 cm³/mol. The van der Waals surface area contributed by atoms with Crippen LogP contribution in [0.1, 0.15) is 56.2 Å². The molecule has 0 heterocycles. The molecule has 2 aromatic carbocycles. The van der Waals surface area contributed by atoms with Gasteiger partial charge in [-0.1, -0.05) is 63.2 Å². The lowest BCUT2D eigenvalue weighted by atomic mass is 9.92. The number of anilines is 1. The Morgan fingerprint density at radius 1 is 1.12 bits per heavy atom. The number of nitrogens with zero attached hydrogens (tertiary/aromatic N) is 1. The first-order valence-electron chi connectivity index (χ1n) is 8.72. The Balaban J connectivity index is 2.01. The number of hydrogen-bond donors (Lipinski definition) is 1. The van der Waals surface area contributed by atoms with Gasteiger partial charge in [-0.05, 0) is 40.7 Å². The molecule has 1 amide bonds. The van der Waals surface area contributed by atoms with Crippen LogP contribution in [0.15, 0.2) is 47.6 Å². The molecule has 0 saturated carbocycles. The van der Waals surface area contributed by atoms with E-state index in [-0.39, 0.29) is 30.2 Å². The van der Waals surface area contributed by atoms with E-state index in [1.165, 1.54) is 18.3 Å². The van der Waals surface area contributed by atoms with E-state index in [2.05, 4.69) is 38.2 Å². The van der Waals surface area contributed by atoms with Crippen LogP contribution in [0.4, 0.5) is 10.1 Å². The van der Waals surface area contributed by atoms with Gasteiger partial charge in [0.05, 0.1) is 6.21 Å². The van der Waals surface area contributed by atoms with Crippen molar-refractivity contribution in [1.82, 2.24) is 0 Å². The van der Waals surface area contributed by atoms with Crippen LogP contribution in [0.3, 0.4) is 0 Å². The molecule has 0 unspecified atom stereocenters. The zero-order valence-corrected chi connectivity index (χ0v) is 15.6. The predicted octanol–water partition coefficient (Wildman–Crippen LogP) is 5.06. The Bertz CT molecular complexity index is 759. The monoisotopic (exact) mass is 356 g/mol. The summed E-state index contributed by atoms with van der Waals surface area (Å²) in [5.41, 5.74) is 3.60. The topological polar surface area (TPSA) is 50.7 Å². The Morgan fingerprint density at radius 2 is 1.73 bits per heavy atom. The van der Waals surface area contributed by atoms with Crippen LogP contribution in [0, 0.1) is 5.82 Å². The number of amides is 1. The van der Waals surface area contributed by atoms with E-state index in [1.807, 2.05) is 18.2 Å². The summed E-state index contributed by atoms with van der Waals surface area (Å²) in [6, 6.07) is 12.0. The van der Waals surface area contributed by atoms with Gasteiger partial charge in [-0.2, -0.15) is 0 Å². The number of halogens is 1. The number of para-hydroxylation sites is 1. The van der Waals surface area contributed by atoms with Crippen molar-refractivity contribution in [2.45, 2.75) is 39.5 Å². The molecule has 0 aliphatic heterocycles. The molecule has 0 aliphatic rings. The van der Waals surface area contributed by atoms with Crippen molar-refractivity contribution in [2.24, 2.45) is 5.16 Å². The molecule has 26 heavy (non-hydrogen) atoms. The SMILES string of the molecule is CC(C)c1cccc(C(C)C)c1NC(=O)CO/N=C\c1cccc(F)c1. The highest BCUT2D eigenvalue weighted by molar-refractivity contribution is 5.93. The number of hydrogen-bond acceptors (Lipinski definition) is 3. The summed E-state index contributed by atoms with van der Waals surface area (Å²) in [5, 5.41) is 6.68. The second-order valence-corrected chi connectivity index (χ2v) is 6.73. The van der Waals surface area contributed by atoms with Crippen LogP contribution in [-0.4, -0.2) is 18.7 Å². The minimum atomic E-state index is -0.349. The number of carbonyl (C=O) groups is 1. The highest BCUT2D eigenvalue weighted by atomic mass is 19.1. The highest BCUT2D eigenvalue weighted by Gasteiger charge is 2.16. The molecule has 0 radical (unpaired) electrons. The molecule has 0 bridgehead atoms. The van der Waals surface area contributed by atoms with E-state index >= 15 is 0 Å². The molecule has 5 heteroatoms. The van der Waals surface area contributed by atoms with Gasteiger partial charge < -0.3 is 10.2 Å². The van der Waals surface area contributed by atoms with Gasteiger partial charge in [0, 0.05) is 5.69 Å². The standard InChI is InChI=1S/C21H25FN2O2/c1-14(2)18-9-6-10-19(15(3)4)21(18)24-20(25)13-26-23-12-16-7-5-8-17(22)11-16/h5-12,14-15H,13H2,1-4H3,(H,24,25)/b23-12-. The Hall–Kier alpha value is -2.69. The third kappa shape index (κ3) is 5.41. The van der Waals surface area contributed by atoms with Crippen LogP contribution < -0.4 is 5.32 Å². The minimum absolute atomic E-state index is 0.213. The van der Waals surface area contributed by atoms with Crippen molar-refractivity contribution in [3.8, 4) is 0 Å². The van der Waals surface area contributed by atoms with Gasteiger partial charge in [0.2, 0.25) is 0 Å². The van der Waals surface area contributed by atoms with Gasteiger partial charge in [-0.15, -0.1) is 0 Å². The minimum Gasteiger partial charge on any atom is -0.386 e. The van der Waals surface area contributed by atoms with Crippen molar-refractivity contribution >= 4 is 17.8 Å². The number of oxime groups is 1. The smallest absolute Gasteiger partial charge is 0.265 e. The summed E-state index contributed by atoms with van der Waals surface area (Å²) >= 11 is 0. The normalized spacial score (nSPS) is 11.3. The summed E-state index contributed by atoms with van der Waals surface area (Å²) in [6.07, 6.45) is 1.37. The molecule has 4 nitrogen and oxygen atoms in total.